The van der Waals surface area contributed by atoms with Gasteiger partial charge >= 0.3 is 0 Å². The number of rotatable bonds is 7. The van der Waals surface area contributed by atoms with Gasteiger partial charge in [-0.1, -0.05) is 76.6 Å². The highest BCUT2D eigenvalue weighted by Gasteiger charge is 2.27. The van der Waals surface area contributed by atoms with Crippen LogP contribution in [0.5, 0.6) is 5.75 Å². The van der Waals surface area contributed by atoms with Crippen molar-refractivity contribution in [2.75, 3.05) is 12.3 Å². The molecule has 188 valence electrons. The lowest BCUT2D eigenvalue weighted by atomic mass is 9.87. The summed E-state index contributed by atoms with van der Waals surface area (Å²) in [7, 11) is 0. The molecule has 0 radical (unpaired) electrons. The van der Waals surface area contributed by atoms with Crippen LogP contribution in [0.25, 0.3) is 22.6 Å². The molecule has 0 bridgehead atoms. The van der Waals surface area contributed by atoms with Crippen molar-refractivity contribution in [3.8, 4) is 28.4 Å². The third-order valence-corrected chi connectivity index (χ3v) is 6.53. The van der Waals surface area contributed by atoms with Gasteiger partial charge in [0.2, 0.25) is 5.95 Å². The quantitative estimate of drug-likeness (QED) is 0.251. The number of imidazole rings is 1. The Morgan fingerprint density at radius 2 is 1.72 bits per heavy atom. The number of hydrogen-bond acceptors (Lipinski definition) is 6. The van der Waals surface area contributed by atoms with E-state index in [0.29, 0.717) is 29.2 Å². The molecule has 36 heavy (non-hydrogen) atoms. The molecule has 0 unspecified atom stereocenters. The molecule has 0 saturated heterocycles. The smallest absolute Gasteiger partial charge is 0.220 e. The first-order valence-corrected chi connectivity index (χ1v) is 12.3. The Bertz CT molecular complexity index is 1360. The summed E-state index contributed by atoms with van der Waals surface area (Å²) in [5.74, 6) is 0.951. The molecule has 0 amide bonds. The van der Waals surface area contributed by atoms with E-state index in [1.165, 1.54) is 11.1 Å². The molecule has 5 N–H and O–H groups in total. The first-order chi connectivity index (χ1) is 16.9. The number of aromatic amines is 1. The minimum atomic E-state index is -0.328. The number of nitrogens with zero attached hydrogens (tertiary/aromatic N) is 3. The van der Waals surface area contributed by atoms with Crippen LogP contribution in [0.3, 0.4) is 0 Å². The van der Waals surface area contributed by atoms with Crippen LogP contribution in [0.4, 0.5) is 5.95 Å². The number of nitrogen functional groups attached to an aromatic ring is 1. The number of anilines is 1. The Morgan fingerprint density at radius 3 is 2.36 bits per heavy atom. The molecule has 0 fully saturated rings. The van der Waals surface area contributed by atoms with Crippen LogP contribution in [-0.4, -0.2) is 31.6 Å². The van der Waals surface area contributed by atoms with Gasteiger partial charge in [-0.3, -0.25) is 0 Å². The van der Waals surface area contributed by atoms with E-state index in [4.69, 9.17) is 22.3 Å². The molecule has 2 aromatic carbocycles. The van der Waals surface area contributed by atoms with Crippen molar-refractivity contribution in [1.29, 1.82) is 0 Å². The summed E-state index contributed by atoms with van der Waals surface area (Å²) in [5, 5.41) is 14.0. The molecule has 0 spiro atoms. The van der Waals surface area contributed by atoms with E-state index in [1.54, 1.807) is 24.4 Å². The molecule has 0 atom stereocenters. The topological polar surface area (TPSA) is 113 Å². The molecule has 4 rings (SSSR count). The van der Waals surface area contributed by atoms with E-state index in [1.807, 2.05) is 6.07 Å². The highest BCUT2D eigenvalue weighted by molar-refractivity contribution is 6.32. The van der Waals surface area contributed by atoms with Gasteiger partial charge in [0, 0.05) is 30.3 Å². The zero-order chi connectivity index (χ0) is 26.1. The van der Waals surface area contributed by atoms with Crippen LogP contribution >= 0.6 is 11.6 Å². The zero-order valence-corrected chi connectivity index (χ0v) is 22.1. The number of phenols is 1. The third-order valence-electron chi connectivity index (χ3n) is 6.21. The first-order valence-electron chi connectivity index (χ1n) is 11.9. The Kier molecular flexibility index (Phi) is 7.07. The number of phenolic OH excluding ortho intramolecular Hbond substituents is 1. The van der Waals surface area contributed by atoms with Crippen LogP contribution in [0, 0.1) is 0 Å². The van der Waals surface area contributed by atoms with E-state index < -0.39 is 0 Å². The molecule has 2 aromatic heterocycles. The van der Waals surface area contributed by atoms with Gasteiger partial charge in [0.25, 0.3) is 0 Å². The van der Waals surface area contributed by atoms with Crippen molar-refractivity contribution in [3.63, 3.8) is 0 Å². The van der Waals surface area contributed by atoms with Crippen molar-refractivity contribution >= 4 is 17.5 Å². The number of hydrogen-bond donors (Lipinski definition) is 4. The van der Waals surface area contributed by atoms with E-state index in [0.717, 1.165) is 12.4 Å². The van der Waals surface area contributed by atoms with Crippen LogP contribution in [0.1, 0.15) is 51.6 Å². The number of H-pyrrole nitrogens is 1. The summed E-state index contributed by atoms with van der Waals surface area (Å²) in [5.41, 5.74) is 10.9. The second kappa shape index (κ2) is 9.91. The summed E-state index contributed by atoms with van der Waals surface area (Å²) >= 11 is 6.04. The van der Waals surface area contributed by atoms with E-state index in [2.05, 4.69) is 79.2 Å². The number of nitrogens with one attached hydrogen (secondary N) is 2. The minimum Gasteiger partial charge on any atom is -0.506 e. The molecule has 0 aliphatic rings. The van der Waals surface area contributed by atoms with E-state index in [-0.39, 0.29) is 27.6 Å². The fraction of sp³-hybridized carbons (Fsp3) is 0.321. The molecule has 8 heteroatoms. The lowest BCUT2D eigenvalue weighted by molar-refractivity contribution is 0.448. The van der Waals surface area contributed by atoms with Crippen molar-refractivity contribution in [2.45, 2.75) is 52.0 Å². The zero-order valence-electron chi connectivity index (χ0n) is 21.4. The molecule has 7 nitrogen and oxygen atoms in total. The predicted octanol–water partition coefficient (Wildman–Crippen LogP) is 5.84. The van der Waals surface area contributed by atoms with E-state index in [9.17, 15) is 5.11 Å². The van der Waals surface area contributed by atoms with Crippen molar-refractivity contribution in [2.24, 2.45) is 0 Å². The summed E-state index contributed by atoms with van der Waals surface area (Å²) in [6, 6.07) is 15.6. The van der Waals surface area contributed by atoms with Crippen LogP contribution in [0.15, 0.2) is 54.7 Å². The molecule has 4 aromatic rings. The first kappa shape index (κ1) is 25.7. The summed E-state index contributed by atoms with van der Waals surface area (Å²) < 4.78 is 0. The number of halogens is 1. The maximum atomic E-state index is 10.2. The molecular formula is C28H33ClN6O. The van der Waals surface area contributed by atoms with Crippen molar-refractivity contribution in [1.82, 2.24) is 25.3 Å². The largest absolute Gasteiger partial charge is 0.506 e. The number of aromatic hydroxyl groups is 1. The average Bonchev–Trinajstić information content (AvgIpc) is 3.27. The van der Waals surface area contributed by atoms with Gasteiger partial charge in [0.15, 0.2) is 0 Å². The van der Waals surface area contributed by atoms with Gasteiger partial charge in [0.05, 0.1) is 22.1 Å². The van der Waals surface area contributed by atoms with Crippen LogP contribution in [0.2, 0.25) is 5.02 Å². The maximum absolute atomic E-state index is 10.2. The Morgan fingerprint density at radius 1 is 1.00 bits per heavy atom. The molecule has 0 saturated carbocycles. The standard InChI is InChI=1S/C28H33ClN6O/c1-27(2,3)19-9-6-17(7-10-19)15-31-16-28(4,5)25-34-23(18-8-11-20(29)22(36)14-18)24(35-25)21-12-13-32-26(30)33-21/h6-14,31,36H,15-16H2,1-5H3,(H,34,35)(H2,30,32,33). The van der Waals surface area contributed by atoms with Gasteiger partial charge in [0.1, 0.15) is 11.6 Å². The van der Waals surface area contributed by atoms with E-state index >= 15 is 0 Å². The second-order valence-electron chi connectivity index (χ2n) is 10.7. The fourth-order valence-electron chi connectivity index (χ4n) is 3.99. The maximum Gasteiger partial charge on any atom is 0.220 e. The highest BCUT2D eigenvalue weighted by Crippen LogP contribution is 2.36. The Balaban J connectivity index is 1.59. The third kappa shape index (κ3) is 5.69. The van der Waals surface area contributed by atoms with Crippen LogP contribution < -0.4 is 11.1 Å². The Hall–Kier alpha value is -3.42. The Labute approximate surface area is 217 Å². The fourth-order valence-corrected chi connectivity index (χ4v) is 4.10. The van der Waals surface area contributed by atoms with Crippen LogP contribution in [-0.2, 0) is 17.4 Å². The normalized spacial score (nSPS) is 12.2. The van der Waals surface area contributed by atoms with Crippen molar-refractivity contribution < 1.29 is 5.11 Å². The van der Waals surface area contributed by atoms with Gasteiger partial charge in [-0.15, -0.1) is 0 Å². The average molecular weight is 505 g/mol. The number of benzene rings is 2. The highest BCUT2D eigenvalue weighted by atomic mass is 35.5. The SMILES string of the molecule is CC(C)(C)c1ccc(CNCC(C)(C)c2nc(-c3ccc(Cl)c(O)c3)c(-c3ccnc(N)n3)[nH]2)cc1. The van der Waals surface area contributed by atoms with Gasteiger partial charge in [-0.25, -0.2) is 15.0 Å². The minimum absolute atomic E-state index is 0.00901. The van der Waals surface area contributed by atoms with Crippen molar-refractivity contribution in [3.05, 3.63) is 76.7 Å². The van der Waals surface area contributed by atoms with Gasteiger partial charge in [-0.2, -0.15) is 0 Å². The molecule has 2 heterocycles. The lowest BCUT2D eigenvalue weighted by Gasteiger charge is -2.23. The summed E-state index contributed by atoms with van der Waals surface area (Å²) in [6.07, 6.45) is 1.61. The molecular weight excluding hydrogens is 472 g/mol. The summed E-state index contributed by atoms with van der Waals surface area (Å²) in [6.45, 7) is 12.4. The monoisotopic (exact) mass is 504 g/mol. The second-order valence-corrected chi connectivity index (χ2v) is 11.1. The lowest BCUT2D eigenvalue weighted by Crippen LogP contribution is -2.33. The molecule has 0 aliphatic carbocycles. The number of aromatic nitrogens is 4. The number of nitrogens with two attached hydrogens (primary N) is 1. The predicted molar refractivity (Wildman–Crippen MR) is 146 cm³/mol. The summed E-state index contributed by atoms with van der Waals surface area (Å²) in [4.78, 5) is 16.8. The molecule has 0 aliphatic heterocycles. The van der Waals surface area contributed by atoms with Gasteiger partial charge < -0.3 is 21.1 Å². The van der Waals surface area contributed by atoms with Gasteiger partial charge in [-0.05, 0) is 34.7 Å².